The van der Waals surface area contributed by atoms with Crippen LogP contribution in [0.1, 0.15) is 5.82 Å². The molecule has 0 spiro atoms. The number of nitrogens with zero attached hydrogens (tertiary/aromatic N) is 6. The van der Waals surface area contributed by atoms with Gasteiger partial charge in [-0.3, -0.25) is 0 Å². The third kappa shape index (κ3) is 3.23. The fourth-order valence-electron chi connectivity index (χ4n) is 4.28. The number of likely N-dealkylation sites (N-methyl/N-ethyl adjacent to an activating group) is 1. The number of nitrogens with one attached hydrogen (secondary N) is 1. The quantitative estimate of drug-likeness (QED) is 0.487. The Morgan fingerprint density at radius 2 is 1.81 bits per heavy atom. The summed E-state index contributed by atoms with van der Waals surface area (Å²) in [6.45, 7) is 3.74. The summed E-state index contributed by atoms with van der Waals surface area (Å²) in [5.41, 5.74) is 3.58. The van der Waals surface area contributed by atoms with Gasteiger partial charge in [0.05, 0.1) is 25.3 Å². The maximum atomic E-state index is 9.68. The largest absolute Gasteiger partial charge is 0.494 e. The van der Waals surface area contributed by atoms with E-state index in [4.69, 9.17) is 19.4 Å². The van der Waals surface area contributed by atoms with E-state index in [0.29, 0.717) is 34.3 Å². The summed E-state index contributed by atoms with van der Waals surface area (Å²) in [6, 6.07) is 5.92. The van der Waals surface area contributed by atoms with E-state index in [1.807, 2.05) is 29.8 Å². The summed E-state index contributed by atoms with van der Waals surface area (Å²) >= 11 is 0. The Bertz CT molecular complexity index is 1290. The highest BCUT2D eigenvalue weighted by atomic mass is 16.5. The third-order valence-electron chi connectivity index (χ3n) is 6.14. The van der Waals surface area contributed by atoms with E-state index in [-0.39, 0.29) is 6.61 Å². The number of anilines is 1. The van der Waals surface area contributed by atoms with Crippen LogP contribution < -0.4 is 14.4 Å². The molecule has 1 aliphatic rings. The first-order valence-corrected chi connectivity index (χ1v) is 10.6. The van der Waals surface area contributed by atoms with E-state index in [1.165, 1.54) is 0 Å². The number of pyridine rings is 1. The molecule has 0 saturated carbocycles. The summed E-state index contributed by atoms with van der Waals surface area (Å²) in [4.78, 5) is 22.1. The van der Waals surface area contributed by atoms with Crippen LogP contribution in [-0.2, 0) is 13.7 Å². The van der Waals surface area contributed by atoms with Gasteiger partial charge in [-0.25, -0.2) is 15.0 Å². The van der Waals surface area contributed by atoms with Gasteiger partial charge >= 0.3 is 0 Å². The lowest BCUT2D eigenvalue weighted by molar-refractivity contribution is 0.268. The number of piperazine rings is 1. The third-order valence-corrected chi connectivity index (χ3v) is 6.14. The van der Waals surface area contributed by atoms with Gasteiger partial charge in [-0.2, -0.15) is 0 Å². The number of imidazole rings is 2. The van der Waals surface area contributed by atoms with Crippen molar-refractivity contribution < 1.29 is 14.6 Å². The summed E-state index contributed by atoms with van der Waals surface area (Å²) in [6.07, 6.45) is 0. The number of benzene rings is 1. The van der Waals surface area contributed by atoms with Crippen LogP contribution in [-0.4, -0.2) is 82.0 Å². The molecule has 168 valence electrons. The number of rotatable bonds is 5. The van der Waals surface area contributed by atoms with Crippen molar-refractivity contribution in [3.05, 3.63) is 24.0 Å². The predicted octanol–water partition coefficient (Wildman–Crippen LogP) is 1.77. The molecule has 0 radical (unpaired) electrons. The topological polar surface area (TPSA) is 105 Å². The zero-order chi connectivity index (χ0) is 22.4. The van der Waals surface area contributed by atoms with Crippen molar-refractivity contribution >= 4 is 28.0 Å². The van der Waals surface area contributed by atoms with Gasteiger partial charge in [0.15, 0.2) is 11.4 Å². The van der Waals surface area contributed by atoms with Crippen LogP contribution in [0, 0.1) is 0 Å². The molecule has 2 N–H and O–H groups in total. The van der Waals surface area contributed by atoms with Gasteiger partial charge in [0, 0.05) is 33.2 Å². The van der Waals surface area contributed by atoms with Gasteiger partial charge in [-0.1, -0.05) is 0 Å². The van der Waals surface area contributed by atoms with Crippen LogP contribution in [0.4, 0.5) is 5.82 Å². The molecule has 5 rings (SSSR count). The molecule has 0 unspecified atom stereocenters. The minimum absolute atomic E-state index is 0.184. The molecular weight excluding hydrogens is 410 g/mol. The first-order valence-electron chi connectivity index (χ1n) is 10.6. The number of aliphatic hydroxyl groups is 1. The fourth-order valence-corrected chi connectivity index (χ4v) is 4.28. The highest BCUT2D eigenvalue weighted by molar-refractivity contribution is 5.95. The highest BCUT2D eigenvalue weighted by Crippen LogP contribution is 2.41. The second-order valence-corrected chi connectivity index (χ2v) is 8.02. The predicted molar refractivity (Wildman–Crippen MR) is 122 cm³/mol. The molecule has 10 nitrogen and oxygen atoms in total. The van der Waals surface area contributed by atoms with Crippen molar-refractivity contribution in [2.75, 3.05) is 52.3 Å². The summed E-state index contributed by atoms with van der Waals surface area (Å²) in [7, 11) is 7.19. The Morgan fingerprint density at radius 3 is 2.50 bits per heavy atom. The second kappa shape index (κ2) is 7.95. The number of hydrogen-bond donors (Lipinski definition) is 2. The molecule has 4 aromatic rings. The number of H-pyrrole nitrogens is 1. The van der Waals surface area contributed by atoms with Crippen molar-refractivity contribution in [2.24, 2.45) is 7.05 Å². The van der Waals surface area contributed by atoms with Gasteiger partial charge in [0.25, 0.3) is 0 Å². The zero-order valence-corrected chi connectivity index (χ0v) is 18.7. The van der Waals surface area contributed by atoms with Gasteiger partial charge in [-0.15, -0.1) is 0 Å². The number of aromatic nitrogens is 5. The molecule has 0 atom stereocenters. The van der Waals surface area contributed by atoms with Crippen molar-refractivity contribution in [3.8, 4) is 22.9 Å². The summed E-state index contributed by atoms with van der Waals surface area (Å²) in [5, 5.41) is 9.68. The number of fused-ring (bicyclic) bond motifs is 2. The van der Waals surface area contributed by atoms with E-state index in [1.54, 1.807) is 14.2 Å². The van der Waals surface area contributed by atoms with E-state index in [0.717, 1.165) is 48.6 Å². The van der Waals surface area contributed by atoms with Crippen LogP contribution in [0.3, 0.4) is 0 Å². The Labute approximate surface area is 185 Å². The second-order valence-electron chi connectivity index (χ2n) is 8.02. The van der Waals surface area contributed by atoms with Gasteiger partial charge in [-0.05, 0) is 25.2 Å². The molecule has 32 heavy (non-hydrogen) atoms. The van der Waals surface area contributed by atoms with Gasteiger partial charge in [0.2, 0.25) is 0 Å². The van der Waals surface area contributed by atoms with Gasteiger partial charge in [0.1, 0.15) is 40.9 Å². The van der Waals surface area contributed by atoms with Crippen molar-refractivity contribution in [3.63, 3.8) is 0 Å². The van der Waals surface area contributed by atoms with Crippen LogP contribution in [0.25, 0.3) is 33.6 Å². The number of aryl methyl sites for hydroxylation is 1. The SMILES string of the molecule is COc1c(-c2nc3nc(N4CCN(C)CC4)ccc3[nH]2)cc(OC)c2c1nc(CO)n2C. The molecule has 1 fully saturated rings. The molecule has 3 aromatic heterocycles. The summed E-state index contributed by atoms with van der Waals surface area (Å²) < 4.78 is 13.2. The average molecular weight is 438 g/mol. The Morgan fingerprint density at radius 1 is 1.03 bits per heavy atom. The molecule has 4 heterocycles. The maximum absolute atomic E-state index is 9.68. The van der Waals surface area contributed by atoms with E-state index in [2.05, 4.69) is 26.8 Å². The first kappa shape index (κ1) is 20.5. The zero-order valence-electron chi connectivity index (χ0n) is 18.7. The number of methoxy groups -OCH3 is 2. The molecule has 0 aliphatic carbocycles. The molecule has 10 heteroatoms. The maximum Gasteiger partial charge on any atom is 0.180 e. The van der Waals surface area contributed by atoms with Crippen molar-refractivity contribution in [1.29, 1.82) is 0 Å². The standard InChI is InChI=1S/C22H27N7O3/c1-27-7-9-29(10-8-27)16-6-5-14-22(25-16)26-21(23-14)13-11-15(31-3)19-18(20(13)32-4)24-17(12-30)28(19)2/h5-6,11,30H,7-10,12H2,1-4H3,(H,23,25,26). The lowest BCUT2D eigenvalue weighted by Crippen LogP contribution is -2.44. The van der Waals surface area contributed by atoms with Crippen LogP contribution >= 0.6 is 0 Å². The average Bonchev–Trinajstić information content (AvgIpc) is 3.39. The van der Waals surface area contributed by atoms with Crippen molar-refractivity contribution in [1.82, 2.24) is 29.4 Å². The first-order chi connectivity index (χ1) is 15.5. The minimum atomic E-state index is -0.184. The molecule has 1 aliphatic heterocycles. The fraction of sp³-hybridized carbons (Fsp3) is 0.409. The van der Waals surface area contributed by atoms with Crippen LogP contribution in [0.5, 0.6) is 11.5 Å². The number of aromatic amines is 1. The van der Waals surface area contributed by atoms with E-state index < -0.39 is 0 Å². The molecule has 1 saturated heterocycles. The molecule has 1 aromatic carbocycles. The van der Waals surface area contributed by atoms with E-state index in [9.17, 15) is 5.11 Å². The summed E-state index contributed by atoms with van der Waals surface area (Å²) in [5.74, 6) is 3.26. The minimum Gasteiger partial charge on any atom is -0.494 e. The molecular formula is C22H27N7O3. The molecule has 0 bridgehead atoms. The number of hydrogen-bond acceptors (Lipinski definition) is 8. The number of aliphatic hydroxyl groups excluding tert-OH is 1. The smallest absolute Gasteiger partial charge is 0.180 e. The molecule has 0 amide bonds. The van der Waals surface area contributed by atoms with E-state index >= 15 is 0 Å². The van der Waals surface area contributed by atoms with Crippen molar-refractivity contribution in [2.45, 2.75) is 6.61 Å². The lowest BCUT2D eigenvalue weighted by atomic mass is 10.1. The Balaban J connectivity index is 1.62. The van der Waals surface area contributed by atoms with Crippen LogP contribution in [0.2, 0.25) is 0 Å². The Hall–Kier alpha value is -3.37. The van der Waals surface area contributed by atoms with Crippen LogP contribution in [0.15, 0.2) is 18.2 Å². The lowest BCUT2D eigenvalue weighted by Gasteiger charge is -2.33. The van der Waals surface area contributed by atoms with Gasteiger partial charge < -0.3 is 33.9 Å². The number of ether oxygens (including phenoxy) is 2. The monoisotopic (exact) mass is 437 g/mol. The highest BCUT2D eigenvalue weighted by Gasteiger charge is 2.23. The normalized spacial score (nSPS) is 15.1. The Kier molecular flexibility index (Phi) is 5.10.